The van der Waals surface area contributed by atoms with Crippen LogP contribution in [0.25, 0.3) is 0 Å². The van der Waals surface area contributed by atoms with Gasteiger partial charge in [0.25, 0.3) is 5.56 Å². The Bertz CT molecular complexity index is 416. The molecule has 0 bridgehead atoms. The van der Waals surface area contributed by atoms with Crippen molar-refractivity contribution in [3.05, 3.63) is 28.7 Å². The van der Waals surface area contributed by atoms with Gasteiger partial charge in [-0.1, -0.05) is 0 Å². The monoisotopic (exact) mass is 224 g/mol. The van der Waals surface area contributed by atoms with E-state index in [0.29, 0.717) is 13.2 Å². The fraction of sp³-hybridized carbons (Fsp3) is 0.545. The van der Waals surface area contributed by atoms with Gasteiger partial charge in [-0.3, -0.25) is 4.79 Å². The largest absolute Gasteiger partial charge is 0.394 e. The minimum Gasteiger partial charge on any atom is -0.394 e. The highest BCUT2D eigenvalue weighted by Gasteiger charge is 2.27. The molecule has 2 atom stereocenters. The second-order valence-electron chi connectivity index (χ2n) is 3.88. The minimum atomic E-state index is -0.156. The van der Waals surface area contributed by atoms with Crippen LogP contribution in [0.4, 0.5) is 5.69 Å². The Balaban J connectivity index is 2.34. The molecule has 1 aromatic heterocycles. The van der Waals surface area contributed by atoms with E-state index in [1.54, 1.807) is 30.0 Å². The second kappa shape index (κ2) is 4.67. The van der Waals surface area contributed by atoms with Crippen molar-refractivity contribution in [1.29, 1.82) is 0 Å². The molecule has 1 saturated heterocycles. The number of aromatic nitrogens is 1. The van der Waals surface area contributed by atoms with Gasteiger partial charge in [0.2, 0.25) is 0 Å². The van der Waals surface area contributed by atoms with Gasteiger partial charge in [-0.15, -0.1) is 0 Å². The minimum absolute atomic E-state index is 0.00903. The molecule has 2 N–H and O–H groups in total. The SMILES string of the molecule is CO[C@H]1COCC[C@H]1n1cccc(N)c1=O. The van der Waals surface area contributed by atoms with Crippen LogP contribution < -0.4 is 11.3 Å². The number of nitrogens with two attached hydrogens (primary N) is 1. The summed E-state index contributed by atoms with van der Waals surface area (Å²) in [7, 11) is 1.63. The Kier molecular flexibility index (Phi) is 3.26. The molecule has 0 aliphatic carbocycles. The fourth-order valence-electron chi connectivity index (χ4n) is 2.03. The molecule has 0 saturated carbocycles. The average Bonchev–Trinajstić information content (AvgIpc) is 2.33. The van der Waals surface area contributed by atoms with Gasteiger partial charge in [0.05, 0.1) is 18.3 Å². The smallest absolute Gasteiger partial charge is 0.274 e. The third-order valence-corrected chi connectivity index (χ3v) is 2.93. The molecule has 2 rings (SSSR count). The molecule has 5 nitrogen and oxygen atoms in total. The maximum Gasteiger partial charge on any atom is 0.274 e. The van der Waals surface area contributed by atoms with E-state index in [0.717, 1.165) is 6.42 Å². The number of hydrogen-bond acceptors (Lipinski definition) is 4. The molecular weight excluding hydrogens is 208 g/mol. The molecule has 88 valence electrons. The molecule has 0 radical (unpaired) electrons. The van der Waals surface area contributed by atoms with Crippen molar-refractivity contribution in [2.75, 3.05) is 26.1 Å². The molecular formula is C11H16N2O3. The third-order valence-electron chi connectivity index (χ3n) is 2.93. The van der Waals surface area contributed by atoms with E-state index in [4.69, 9.17) is 15.2 Å². The van der Waals surface area contributed by atoms with Crippen LogP contribution in [0.15, 0.2) is 23.1 Å². The molecule has 0 aromatic carbocycles. The van der Waals surface area contributed by atoms with Crippen molar-refractivity contribution in [3.8, 4) is 0 Å². The predicted molar refractivity (Wildman–Crippen MR) is 60.4 cm³/mol. The summed E-state index contributed by atoms with van der Waals surface area (Å²) in [4.78, 5) is 11.9. The van der Waals surface area contributed by atoms with Crippen LogP contribution in [0.1, 0.15) is 12.5 Å². The van der Waals surface area contributed by atoms with Gasteiger partial charge in [-0.2, -0.15) is 0 Å². The first-order valence-corrected chi connectivity index (χ1v) is 5.31. The van der Waals surface area contributed by atoms with E-state index < -0.39 is 0 Å². The quantitative estimate of drug-likeness (QED) is 0.790. The first-order chi connectivity index (χ1) is 7.74. The van der Waals surface area contributed by atoms with E-state index in [2.05, 4.69) is 0 Å². The lowest BCUT2D eigenvalue weighted by Crippen LogP contribution is -2.40. The fourth-order valence-corrected chi connectivity index (χ4v) is 2.03. The zero-order chi connectivity index (χ0) is 11.5. The van der Waals surface area contributed by atoms with E-state index in [-0.39, 0.29) is 23.4 Å². The Morgan fingerprint density at radius 3 is 3.19 bits per heavy atom. The second-order valence-corrected chi connectivity index (χ2v) is 3.88. The van der Waals surface area contributed by atoms with Crippen LogP contribution in [0.3, 0.4) is 0 Å². The zero-order valence-corrected chi connectivity index (χ0v) is 9.26. The van der Waals surface area contributed by atoms with Crippen LogP contribution in [0.2, 0.25) is 0 Å². The van der Waals surface area contributed by atoms with Gasteiger partial charge >= 0.3 is 0 Å². The highest BCUT2D eigenvalue weighted by Crippen LogP contribution is 2.22. The number of ether oxygens (including phenoxy) is 2. The molecule has 1 fully saturated rings. The molecule has 1 aliphatic rings. The van der Waals surface area contributed by atoms with E-state index >= 15 is 0 Å². The van der Waals surface area contributed by atoms with Gasteiger partial charge in [0.1, 0.15) is 6.10 Å². The van der Waals surface area contributed by atoms with Crippen LogP contribution >= 0.6 is 0 Å². The normalized spacial score (nSPS) is 25.6. The zero-order valence-electron chi connectivity index (χ0n) is 9.26. The lowest BCUT2D eigenvalue weighted by molar-refractivity contribution is -0.0608. The number of pyridine rings is 1. The van der Waals surface area contributed by atoms with E-state index in [1.807, 2.05) is 0 Å². The van der Waals surface area contributed by atoms with Crippen molar-refractivity contribution in [1.82, 2.24) is 4.57 Å². The van der Waals surface area contributed by atoms with Crippen LogP contribution in [-0.2, 0) is 9.47 Å². The summed E-state index contributed by atoms with van der Waals surface area (Å²) in [5.41, 5.74) is 5.72. The molecule has 1 aliphatic heterocycles. The van der Waals surface area contributed by atoms with Gasteiger partial charge in [0, 0.05) is 19.9 Å². The molecule has 1 aromatic rings. The van der Waals surface area contributed by atoms with Gasteiger partial charge in [-0.25, -0.2) is 0 Å². The van der Waals surface area contributed by atoms with Gasteiger partial charge in [-0.05, 0) is 18.6 Å². The van der Waals surface area contributed by atoms with Crippen LogP contribution in [-0.4, -0.2) is 31.0 Å². The number of hydrogen-bond donors (Lipinski definition) is 1. The first kappa shape index (κ1) is 11.2. The summed E-state index contributed by atoms with van der Waals surface area (Å²) in [5.74, 6) is 0. The summed E-state index contributed by atoms with van der Waals surface area (Å²) >= 11 is 0. The summed E-state index contributed by atoms with van der Waals surface area (Å²) < 4.78 is 12.3. The summed E-state index contributed by atoms with van der Waals surface area (Å²) in [6.45, 7) is 1.16. The number of nitrogen functional groups attached to an aromatic ring is 1. The summed E-state index contributed by atoms with van der Waals surface area (Å²) in [5, 5.41) is 0. The van der Waals surface area contributed by atoms with Crippen molar-refractivity contribution >= 4 is 5.69 Å². The Morgan fingerprint density at radius 1 is 1.62 bits per heavy atom. The average molecular weight is 224 g/mol. The number of rotatable bonds is 2. The molecule has 2 heterocycles. The Morgan fingerprint density at radius 2 is 2.44 bits per heavy atom. The third kappa shape index (κ3) is 1.96. The van der Waals surface area contributed by atoms with E-state index in [9.17, 15) is 4.79 Å². The number of anilines is 1. The standard InChI is InChI=1S/C11H16N2O3/c1-15-10-7-16-6-4-9(10)13-5-2-3-8(12)11(13)14/h2-3,5,9-10H,4,6-7,12H2,1H3/t9-,10+/m1/s1. The topological polar surface area (TPSA) is 66.5 Å². The van der Waals surface area contributed by atoms with Crippen molar-refractivity contribution in [3.63, 3.8) is 0 Å². The predicted octanol–water partition coefficient (Wildman–Crippen LogP) is 0.407. The summed E-state index contributed by atoms with van der Waals surface area (Å²) in [6, 6.07) is 3.40. The van der Waals surface area contributed by atoms with Crippen molar-refractivity contribution in [2.45, 2.75) is 18.6 Å². The Hall–Kier alpha value is -1.33. The van der Waals surface area contributed by atoms with Crippen LogP contribution in [0.5, 0.6) is 0 Å². The molecule has 5 heteroatoms. The highest BCUT2D eigenvalue weighted by atomic mass is 16.5. The number of nitrogens with zero attached hydrogens (tertiary/aromatic N) is 1. The highest BCUT2D eigenvalue weighted by molar-refractivity contribution is 5.33. The van der Waals surface area contributed by atoms with E-state index in [1.165, 1.54) is 0 Å². The maximum atomic E-state index is 11.9. The van der Waals surface area contributed by atoms with Crippen LogP contribution in [0, 0.1) is 0 Å². The lowest BCUT2D eigenvalue weighted by atomic mass is 10.1. The molecule has 16 heavy (non-hydrogen) atoms. The Labute approximate surface area is 93.8 Å². The summed E-state index contributed by atoms with van der Waals surface area (Å²) in [6.07, 6.45) is 2.43. The number of methoxy groups -OCH3 is 1. The molecule has 0 unspecified atom stereocenters. The first-order valence-electron chi connectivity index (χ1n) is 5.31. The lowest BCUT2D eigenvalue weighted by Gasteiger charge is -2.31. The van der Waals surface area contributed by atoms with Crippen molar-refractivity contribution < 1.29 is 9.47 Å². The molecule has 0 amide bonds. The molecule has 0 spiro atoms. The van der Waals surface area contributed by atoms with Gasteiger partial charge in [0.15, 0.2) is 0 Å². The van der Waals surface area contributed by atoms with Crippen molar-refractivity contribution in [2.24, 2.45) is 0 Å². The maximum absolute atomic E-state index is 11.9. The van der Waals surface area contributed by atoms with Gasteiger partial charge < -0.3 is 19.8 Å².